The summed E-state index contributed by atoms with van der Waals surface area (Å²) in [6.07, 6.45) is 1.84. The van der Waals surface area contributed by atoms with Crippen molar-refractivity contribution in [2.75, 3.05) is 7.11 Å². The van der Waals surface area contributed by atoms with Gasteiger partial charge in [0.15, 0.2) is 0 Å². The molecule has 15 heavy (non-hydrogen) atoms. The molecule has 82 valence electrons. The summed E-state index contributed by atoms with van der Waals surface area (Å²) >= 11 is 0. The fraction of sp³-hybridized carbons (Fsp3) is 0.385. The van der Waals surface area contributed by atoms with Crippen LogP contribution in [0.2, 0.25) is 0 Å². The summed E-state index contributed by atoms with van der Waals surface area (Å²) < 4.78 is 5.12. The highest BCUT2D eigenvalue weighted by molar-refractivity contribution is 5.34. The van der Waals surface area contributed by atoms with Gasteiger partial charge in [-0.15, -0.1) is 0 Å². The van der Waals surface area contributed by atoms with Crippen molar-refractivity contribution in [3.05, 3.63) is 41.5 Å². The average molecular weight is 206 g/mol. The maximum Gasteiger partial charge on any atom is 0.119 e. The van der Waals surface area contributed by atoms with E-state index in [1.807, 2.05) is 44.2 Å². The number of benzene rings is 1. The molecular formula is C13H18O2. The highest BCUT2D eigenvalue weighted by atomic mass is 16.5. The molecule has 0 amide bonds. The minimum Gasteiger partial charge on any atom is -0.497 e. The van der Waals surface area contributed by atoms with Gasteiger partial charge in [-0.3, -0.25) is 0 Å². The summed E-state index contributed by atoms with van der Waals surface area (Å²) in [6, 6.07) is 7.48. The Kier molecular flexibility index (Phi) is 3.53. The van der Waals surface area contributed by atoms with Crippen LogP contribution in [-0.2, 0) is 5.60 Å². The fourth-order valence-corrected chi connectivity index (χ4v) is 1.58. The molecule has 0 spiro atoms. The second-order valence-electron chi connectivity index (χ2n) is 4.10. The van der Waals surface area contributed by atoms with Crippen LogP contribution in [0.4, 0.5) is 0 Å². The van der Waals surface area contributed by atoms with E-state index in [0.717, 1.165) is 16.9 Å². The van der Waals surface area contributed by atoms with Gasteiger partial charge in [-0.05, 0) is 38.5 Å². The predicted octanol–water partition coefficient (Wildman–Crippen LogP) is 2.87. The van der Waals surface area contributed by atoms with E-state index in [0.29, 0.717) is 0 Å². The van der Waals surface area contributed by atoms with Gasteiger partial charge in [-0.25, -0.2) is 0 Å². The van der Waals surface area contributed by atoms with Gasteiger partial charge >= 0.3 is 0 Å². The van der Waals surface area contributed by atoms with Crippen LogP contribution in [0.5, 0.6) is 5.75 Å². The summed E-state index contributed by atoms with van der Waals surface area (Å²) in [7, 11) is 1.62. The molecule has 0 aliphatic rings. The second kappa shape index (κ2) is 4.49. The molecule has 0 heterocycles. The Morgan fingerprint density at radius 2 is 2.07 bits per heavy atom. The van der Waals surface area contributed by atoms with Crippen molar-refractivity contribution in [2.45, 2.75) is 26.4 Å². The Hall–Kier alpha value is -1.28. The van der Waals surface area contributed by atoms with E-state index >= 15 is 0 Å². The predicted molar refractivity (Wildman–Crippen MR) is 62.0 cm³/mol. The molecule has 0 saturated carbocycles. The van der Waals surface area contributed by atoms with Crippen molar-refractivity contribution in [2.24, 2.45) is 0 Å². The van der Waals surface area contributed by atoms with Crippen LogP contribution >= 0.6 is 0 Å². The lowest BCUT2D eigenvalue weighted by molar-refractivity contribution is 0.110. The maximum absolute atomic E-state index is 10.2. The first-order chi connectivity index (χ1) is 6.95. The van der Waals surface area contributed by atoms with Crippen molar-refractivity contribution in [3.63, 3.8) is 0 Å². The van der Waals surface area contributed by atoms with Crippen molar-refractivity contribution >= 4 is 0 Å². The molecule has 1 aromatic carbocycles. The molecule has 2 nitrogen and oxygen atoms in total. The van der Waals surface area contributed by atoms with Gasteiger partial charge in [-0.1, -0.05) is 23.8 Å². The third-order valence-electron chi connectivity index (χ3n) is 2.22. The number of hydrogen-bond acceptors (Lipinski definition) is 2. The van der Waals surface area contributed by atoms with E-state index in [4.69, 9.17) is 4.74 Å². The van der Waals surface area contributed by atoms with Crippen LogP contribution in [0.15, 0.2) is 35.9 Å². The number of hydrogen-bond donors (Lipinski definition) is 1. The van der Waals surface area contributed by atoms with E-state index in [1.54, 1.807) is 14.0 Å². The number of allylic oxidation sites excluding steroid dienone is 1. The highest BCUT2D eigenvalue weighted by Gasteiger charge is 2.19. The molecule has 1 atom stereocenters. The Morgan fingerprint density at radius 3 is 2.60 bits per heavy atom. The lowest BCUT2D eigenvalue weighted by Gasteiger charge is -2.21. The zero-order chi connectivity index (χ0) is 11.5. The number of aliphatic hydroxyl groups is 1. The van der Waals surface area contributed by atoms with Gasteiger partial charge in [0, 0.05) is 0 Å². The second-order valence-corrected chi connectivity index (χ2v) is 4.10. The largest absolute Gasteiger partial charge is 0.497 e. The van der Waals surface area contributed by atoms with Gasteiger partial charge in [0.05, 0.1) is 7.11 Å². The molecule has 1 unspecified atom stereocenters. The number of ether oxygens (including phenoxy) is 1. The Balaban J connectivity index is 3.09. The van der Waals surface area contributed by atoms with Gasteiger partial charge in [0.1, 0.15) is 11.4 Å². The maximum atomic E-state index is 10.2. The van der Waals surface area contributed by atoms with E-state index in [2.05, 4.69) is 0 Å². The Morgan fingerprint density at radius 1 is 1.40 bits per heavy atom. The standard InChI is InChI=1S/C13H18O2/c1-10(2)9-13(3,14)11-6-5-7-12(8-11)15-4/h5-9,14H,1-4H3. The lowest BCUT2D eigenvalue weighted by Crippen LogP contribution is -2.18. The first-order valence-corrected chi connectivity index (χ1v) is 4.98. The molecule has 0 bridgehead atoms. The summed E-state index contributed by atoms with van der Waals surface area (Å²) in [4.78, 5) is 0. The number of methoxy groups -OCH3 is 1. The molecule has 0 saturated heterocycles. The van der Waals surface area contributed by atoms with Gasteiger partial charge < -0.3 is 9.84 Å². The highest BCUT2D eigenvalue weighted by Crippen LogP contribution is 2.26. The molecule has 1 aromatic rings. The van der Waals surface area contributed by atoms with Crippen LogP contribution in [0, 0.1) is 0 Å². The van der Waals surface area contributed by atoms with Crippen LogP contribution < -0.4 is 4.74 Å². The molecule has 0 aliphatic heterocycles. The Bertz CT molecular complexity index is 361. The summed E-state index contributed by atoms with van der Waals surface area (Å²) in [5.74, 6) is 0.759. The minimum atomic E-state index is -0.937. The van der Waals surface area contributed by atoms with Gasteiger partial charge in [0.2, 0.25) is 0 Å². The van der Waals surface area contributed by atoms with Crippen LogP contribution in [-0.4, -0.2) is 12.2 Å². The van der Waals surface area contributed by atoms with Crippen molar-refractivity contribution < 1.29 is 9.84 Å². The van der Waals surface area contributed by atoms with E-state index in [1.165, 1.54) is 0 Å². The van der Waals surface area contributed by atoms with Gasteiger partial charge in [0.25, 0.3) is 0 Å². The monoisotopic (exact) mass is 206 g/mol. The topological polar surface area (TPSA) is 29.5 Å². The SMILES string of the molecule is COc1cccc(C(C)(O)C=C(C)C)c1. The zero-order valence-corrected chi connectivity index (χ0v) is 9.74. The third kappa shape index (κ3) is 3.10. The van der Waals surface area contributed by atoms with Crippen LogP contribution in [0.25, 0.3) is 0 Å². The lowest BCUT2D eigenvalue weighted by atomic mass is 9.94. The molecule has 0 fully saturated rings. The molecular weight excluding hydrogens is 188 g/mol. The summed E-state index contributed by atoms with van der Waals surface area (Å²) in [5, 5.41) is 10.2. The van der Waals surface area contributed by atoms with Crippen molar-refractivity contribution in [1.29, 1.82) is 0 Å². The molecule has 1 N–H and O–H groups in total. The van der Waals surface area contributed by atoms with Crippen molar-refractivity contribution in [3.8, 4) is 5.75 Å². The Labute approximate surface area is 91.2 Å². The first kappa shape index (κ1) is 11.8. The summed E-state index contributed by atoms with van der Waals surface area (Å²) in [6.45, 7) is 5.71. The minimum absolute atomic E-state index is 0.759. The number of rotatable bonds is 3. The zero-order valence-electron chi connectivity index (χ0n) is 9.74. The van der Waals surface area contributed by atoms with E-state index in [-0.39, 0.29) is 0 Å². The summed E-state index contributed by atoms with van der Waals surface area (Å²) in [5.41, 5.74) is 0.985. The van der Waals surface area contributed by atoms with E-state index in [9.17, 15) is 5.11 Å². The molecule has 0 aliphatic carbocycles. The first-order valence-electron chi connectivity index (χ1n) is 4.98. The van der Waals surface area contributed by atoms with Crippen molar-refractivity contribution in [1.82, 2.24) is 0 Å². The van der Waals surface area contributed by atoms with Crippen LogP contribution in [0.1, 0.15) is 26.3 Å². The van der Waals surface area contributed by atoms with Crippen LogP contribution in [0.3, 0.4) is 0 Å². The quantitative estimate of drug-likeness (QED) is 0.770. The normalized spacial score (nSPS) is 14.2. The molecule has 2 heteroatoms. The third-order valence-corrected chi connectivity index (χ3v) is 2.22. The smallest absolute Gasteiger partial charge is 0.119 e. The fourth-order valence-electron chi connectivity index (χ4n) is 1.58. The van der Waals surface area contributed by atoms with E-state index < -0.39 is 5.60 Å². The molecule has 0 radical (unpaired) electrons. The van der Waals surface area contributed by atoms with Gasteiger partial charge in [-0.2, -0.15) is 0 Å². The molecule has 1 rings (SSSR count). The molecule has 0 aromatic heterocycles. The average Bonchev–Trinajstić information content (AvgIpc) is 2.16.